The highest BCUT2D eigenvalue weighted by Crippen LogP contribution is 2.27. The molecule has 116 valence electrons. The first-order valence-corrected chi connectivity index (χ1v) is 8.22. The van der Waals surface area contributed by atoms with E-state index in [-0.39, 0.29) is 29.9 Å². The van der Waals surface area contributed by atoms with Gasteiger partial charge in [-0.2, -0.15) is 0 Å². The highest BCUT2D eigenvalue weighted by molar-refractivity contribution is 8.00. The van der Waals surface area contributed by atoms with Crippen LogP contribution >= 0.6 is 23.4 Å². The zero-order chi connectivity index (χ0) is 15.4. The molecule has 6 heteroatoms. The van der Waals surface area contributed by atoms with Gasteiger partial charge in [-0.15, -0.1) is 11.8 Å². The summed E-state index contributed by atoms with van der Waals surface area (Å²) in [5, 5.41) is 9.69. The molecule has 1 fully saturated rings. The zero-order valence-corrected chi connectivity index (χ0v) is 13.7. The Hall–Kier alpha value is -0.750. The molecule has 0 aliphatic carbocycles. The average Bonchev–Trinajstić information content (AvgIpc) is 2.49. The Balaban J connectivity index is 1.99. The van der Waals surface area contributed by atoms with Crippen molar-refractivity contribution in [1.82, 2.24) is 4.90 Å². The molecule has 3 atom stereocenters. The quantitative estimate of drug-likeness (QED) is 0.862. The van der Waals surface area contributed by atoms with Crippen LogP contribution in [-0.4, -0.2) is 53.1 Å². The number of aliphatic hydroxyl groups is 1. The molecule has 1 aromatic carbocycles. The van der Waals surface area contributed by atoms with Gasteiger partial charge in [0.05, 0.1) is 30.6 Å². The molecule has 1 saturated heterocycles. The Morgan fingerprint density at radius 2 is 2.19 bits per heavy atom. The van der Waals surface area contributed by atoms with Crippen LogP contribution in [0.3, 0.4) is 0 Å². The minimum atomic E-state index is -0.280. The molecule has 1 heterocycles. The van der Waals surface area contributed by atoms with Crippen molar-refractivity contribution < 1.29 is 14.6 Å². The second-order valence-corrected chi connectivity index (χ2v) is 7.04. The maximum atomic E-state index is 12.6. The Morgan fingerprint density at radius 3 is 2.81 bits per heavy atom. The molecular formula is C15H20ClNO3S. The van der Waals surface area contributed by atoms with E-state index < -0.39 is 0 Å². The van der Waals surface area contributed by atoms with Crippen molar-refractivity contribution in [2.75, 3.05) is 19.8 Å². The van der Waals surface area contributed by atoms with Crippen molar-refractivity contribution in [1.29, 1.82) is 0 Å². The Kier molecular flexibility index (Phi) is 5.93. The molecule has 1 aliphatic heterocycles. The zero-order valence-electron chi connectivity index (χ0n) is 12.2. The number of carbonyl (C=O) groups excluding carboxylic acids is 1. The predicted octanol–water partition coefficient (Wildman–Crippen LogP) is 2.43. The van der Waals surface area contributed by atoms with Crippen LogP contribution in [0, 0.1) is 0 Å². The van der Waals surface area contributed by atoms with Crippen LogP contribution in [0.15, 0.2) is 29.2 Å². The van der Waals surface area contributed by atoms with Crippen LogP contribution in [-0.2, 0) is 9.53 Å². The number of thioether (sulfide) groups is 1. The molecule has 3 unspecified atom stereocenters. The van der Waals surface area contributed by atoms with E-state index >= 15 is 0 Å². The lowest BCUT2D eigenvalue weighted by atomic mass is 10.2. The monoisotopic (exact) mass is 329 g/mol. The summed E-state index contributed by atoms with van der Waals surface area (Å²) in [6.07, 6.45) is -0.280. The first kappa shape index (κ1) is 16.6. The van der Waals surface area contributed by atoms with Gasteiger partial charge in [0.1, 0.15) is 0 Å². The van der Waals surface area contributed by atoms with Gasteiger partial charge < -0.3 is 14.7 Å². The smallest absolute Gasteiger partial charge is 0.236 e. The van der Waals surface area contributed by atoms with Gasteiger partial charge in [-0.25, -0.2) is 0 Å². The summed E-state index contributed by atoms with van der Waals surface area (Å²) in [4.78, 5) is 15.4. The number of benzene rings is 1. The Labute approximate surface area is 134 Å². The summed E-state index contributed by atoms with van der Waals surface area (Å²) < 4.78 is 5.47. The molecule has 0 aromatic heterocycles. The fraction of sp³-hybridized carbons (Fsp3) is 0.533. The van der Waals surface area contributed by atoms with Gasteiger partial charge in [0.2, 0.25) is 5.91 Å². The van der Waals surface area contributed by atoms with Gasteiger partial charge in [0, 0.05) is 16.5 Å². The van der Waals surface area contributed by atoms with Gasteiger partial charge in [-0.3, -0.25) is 4.79 Å². The number of ether oxygens (including phenoxy) is 1. The van der Waals surface area contributed by atoms with Crippen LogP contribution in [0.2, 0.25) is 5.02 Å². The van der Waals surface area contributed by atoms with Gasteiger partial charge >= 0.3 is 0 Å². The second kappa shape index (κ2) is 7.49. The molecule has 1 amide bonds. The van der Waals surface area contributed by atoms with Crippen LogP contribution in [0.1, 0.15) is 13.8 Å². The van der Waals surface area contributed by atoms with Crippen molar-refractivity contribution in [3.63, 3.8) is 0 Å². The SMILES string of the molecule is CC(Sc1ccc(Cl)cc1)C(=O)N1CC(CO)OCC1C. The van der Waals surface area contributed by atoms with E-state index in [2.05, 4.69) is 0 Å². The van der Waals surface area contributed by atoms with E-state index in [1.54, 1.807) is 4.90 Å². The lowest BCUT2D eigenvalue weighted by Gasteiger charge is -2.38. The van der Waals surface area contributed by atoms with Gasteiger partial charge in [0.25, 0.3) is 0 Å². The standard InChI is InChI=1S/C15H20ClNO3S/c1-10-9-20-13(8-18)7-17(10)15(19)11(2)21-14-5-3-12(16)4-6-14/h3-6,10-11,13,18H,7-9H2,1-2H3. The summed E-state index contributed by atoms with van der Waals surface area (Å²) >= 11 is 7.37. The van der Waals surface area contributed by atoms with Gasteiger partial charge in [-0.1, -0.05) is 11.6 Å². The molecule has 0 radical (unpaired) electrons. The molecule has 1 aromatic rings. The van der Waals surface area contributed by atoms with Gasteiger partial charge in [-0.05, 0) is 38.1 Å². The predicted molar refractivity (Wildman–Crippen MR) is 84.8 cm³/mol. The van der Waals surface area contributed by atoms with Crippen molar-refractivity contribution in [2.24, 2.45) is 0 Å². The van der Waals surface area contributed by atoms with Crippen molar-refractivity contribution in [3.8, 4) is 0 Å². The van der Waals surface area contributed by atoms with E-state index in [1.807, 2.05) is 38.1 Å². The first-order valence-electron chi connectivity index (χ1n) is 6.96. The molecule has 2 rings (SSSR count). The summed E-state index contributed by atoms with van der Waals surface area (Å²) in [5.41, 5.74) is 0. The lowest BCUT2D eigenvalue weighted by Crippen LogP contribution is -2.53. The van der Waals surface area contributed by atoms with E-state index in [9.17, 15) is 9.90 Å². The highest BCUT2D eigenvalue weighted by atomic mass is 35.5. The molecule has 1 N–H and O–H groups in total. The number of halogens is 1. The maximum absolute atomic E-state index is 12.6. The third-order valence-corrected chi connectivity index (χ3v) is 4.82. The lowest BCUT2D eigenvalue weighted by molar-refractivity contribution is -0.145. The average molecular weight is 330 g/mol. The molecule has 4 nitrogen and oxygen atoms in total. The van der Waals surface area contributed by atoms with E-state index in [0.717, 1.165) is 4.90 Å². The minimum absolute atomic E-state index is 0.0357. The number of rotatable bonds is 4. The Bertz CT molecular complexity index is 482. The fourth-order valence-corrected chi connectivity index (χ4v) is 3.30. The van der Waals surface area contributed by atoms with E-state index in [0.29, 0.717) is 18.2 Å². The number of amides is 1. The molecule has 1 aliphatic rings. The van der Waals surface area contributed by atoms with Crippen molar-refractivity contribution in [3.05, 3.63) is 29.3 Å². The summed E-state index contributed by atoms with van der Waals surface area (Å²) in [7, 11) is 0. The number of hydrogen-bond donors (Lipinski definition) is 1. The number of hydrogen-bond acceptors (Lipinski definition) is 4. The normalized spacial score (nSPS) is 23.9. The van der Waals surface area contributed by atoms with Crippen molar-refractivity contribution in [2.45, 2.75) is 36.1 Å². The first-order chi connectivity index (χ1) is 10.0. The van der Waals surface area contributed by atoms with E-state index in [4.69, 9.17) is 16.3 Å². The second-order valence-electron chi connectivity index (χ2n) is 5.19. The molecule has 0 spiro atoms. The highest BCUT2D eigenvalue weighted by Gasteiger charge is 2.31. The molecule has 0 bridgehead atoms. The van der Waals surface area contributed by atoms with Crippen LogP contribution in [0.25, 0.3) is 0 Å². The molecular weight excluding hydrogens is 310 g/mol. The third-order valence-electron chi connectivity index (χ3n) is 3.47. The minimum Gasteiger partial charge on any atom is -0.394 e. The van der Waals surface area contributed by atoms with E-state index in [1.165, 1.54) is 11.8 Å². The number of morpholine rings is 1. The van der Waals surface area contributed by atoms with Gasteiger partial charge in [0.15, 0.2) is 0 Å². The van der Waals surface area contributed by atoms with Crippen LogP contribution in [0.5, 0.6) is 0 Å². The Morgan fingerprint density at radius 1 is 1.52 bits per heavy atom. The largest absolute Gasteiger partial charge is 0.394 e. The van der Waals surface area contributed by atoms with Crippen molar-refractivity contribution >= 4 is 29.3 Å². The summed E-state index contributed by atoms with van der Waals surface area (Å²) in [5.74, 6) is 0.0733. The summed E-state index contributed by atoms with van der Waals surface area (Å²) in [6, 6.07) is 7.50. The molecule has 0 saturated carbocycles. The number of carbonyl (C=O) groups is 1. The van der Waals surface area contributed by atoms with Crippen LogP contribution in [0.4, 0.5) is 0 Å². The van der Waals surface area contributed by atoms with Crippen LogP contribution < -0.4 is 0 Å². The number of aliphatic hydroxyl groups excluding tert-OH is 1. The topological polar surface area (TPSA) is 49.8 Å². The summed E-state index contributed by atoms with van der Waals surface area (Å²) in [6.45, 7) is 4.72. The molecule has 21 heavy (non-hydrogen) atoms. The number of nitrogens with zero attached hydrogens (tertiary/aromatic N) is 1. The fourth-order valence-electron chi connectivity index (χ4n) is 2.24. The maximum Gasteiger partial charge on any atom is 0.236 e. The third kappa shape index (κ3) is 4.36.